The largest absolute Gasteiger partial charge is 0.497 e. The first-order valence-electron chi connectivity index (χ1n) is 9.49. The number of halogens is 1. The van der Waals surface area contributed by atoms with Gasteiger partial charge in [0.25, 0.3) is 5.56 Å². The van der Waals surface area contributed by atoms with E-state index in [2.05, 4.69) is 0 Å². The highest BCUT2D eigenvalue weighted by Gasteiger charge is 2.14. The number of thioether (sulfide) groups is 1. The molecule has 0 saturated heterocycles. The second kappa shape index (κ2) is 9.82. The van der Waals surface area contributed by atoms with Gasteiger partial charge in [0.2, 0.25) is 0 Å². The lowest BCUT2D eigenvalue weighted by Gasteiger charge is -2.12. The Balaban J connectivity index is 1.61. The topological polar surface area (TPSA) is 66.2 Å². The highest BCUT2D eigenvalue weighted by molar-refractivity contribution is 7.98. The van der Waals surface area contributed by atoms with Gasteiger partial charge in [-0.2, -0.15) is 0 Å². The van der Waals surface area contributed by atoms with E-state index in [-0.39, 0.29) is 5.56 Å². The molecule has 4 rings (SSSR count). The lowest BCUT2D eigenvalue weighted by Crippen LogP contribution is -2.25. The maximum absolute atomic E-state index is 13.0. The van der Waals surface area contributed by atoms with Gasteiger partial charge in [-0.1, -0.05) is 35.5 Å². The van der Waals surface area contributed by atoms with Gasteiger partial charge in [0.1, 0.15) is 10.8 Å². The van der Waals surface area contributed by atoms with Crippen molar-refractivity contribution in [2.24, 2.45) is 0 Å². The number of thiazole rings is 1. The van der Waals surface area contributed by atoms with Crippen molar-refractivity contribution in [1.82, 2.24) is 14.5 Å². The van der Waals surface area contributed by atoms with Crippen molar-refractivity contribution in [3.05, 3.63) is 68.9 Å². The molecule has 0 saturated carbocycles. The molecule has 0 radical (unpaired) electrons. The van der Waals surface area contributed by atoms with Crippen molar-refractivity contribution in [3.8, 4) is 16.3 Å². The number of hydrogen-bond donors (Lipinski definition) is 0. The molecule has 0 bridgehead atoms. The molecule has 0 aliphatic rings. The van der Waals surface area contributed by atoms with E-state index in [0.29, 0.717) is 40.0 Å². The number of aromatic nitrogens is 3. The van der Waals surface area contributed by atoms with Gasteiger partial charge in [-0.05, 0) is 30.3 Å². The lowest BCUT2D eigenvalue weighted by atomic mass is 10.2. The Morgan fingerprint density at radius 3 is 2.84 bits per heavy atom. The van der Waals surface area contributed by atoms with Crippen LogP contribution in [0.2, 0.25) is 5.02 Å². The number of rotatable bonds is 8. The first-order chi connectivity index (χ1) is 15.1. The van der Waals surface area contributed by atoms with Crippen LogP contribution in [0.1, 0.15) is 5.69 Å². The molecule has 0 unspecified atom stereocenters. The van der Waals surface area contributed by atoms with E-state index in [9.17, 15) is 4.79 Å². The van der Waals surface area contributed by atoms with Crippen LogP contribution in [0.5, 0.6) is 5.75 Å². The SMILES string of the molecule is COCCn1c(SCc2csc(-c3cccc(OC)c3)n2)nc2cc(Cl)ccc2c1=O. The standard InChI is InChI=1S/C22H20ClN3O3S2/c1-28-9-8-26-21(27)18-7-6-15(23)11-19(18)25-22(26)31-13-16-12-30-20(24-16)14-4-3-5-17(10-14)29-2/h3-7,10-12H,8-9,13H2,1-2H3. The second-order valence-electron chi connectivity index (χ2n) is 6.67. The first kappa shape index (κ1) is 21.8. The van der Waals surface area contributed by atoms with E-state index in [4.69, 9.17) is 31.0 Å². The van der Waals surface area contributed by atoms with Crippen molar-refractivity contribution >= 4 is 45.6 Å². The van der Waals surface area contributed by atoms with E-state index in [0.717, 1.165) is 22.0 Å². The van der Waals surface area contributed by atoms with Crippen molar-refractivity contribution < 1.29 is 9.47 Å². The summed E-state index contributed by atoms with van der Waals surface area (Å²) in [5.74, 6) is 1.39. The molecule has 0 N–H and O–H groups in total. The molecule has 4 aromatic rings. The number of hydrogen-bond acceptors (Lipinski definition) is 7. The minimum atomic E-state index is -0.100. The van der Waals surface area contributed by atoms with Gasteiger partial charge in [-0.3, -0.25) is 9.36 Å². The van der Waals surface area contributed by atoms with Crippen molar-refractivity contribution in [2.75, 3.05) is 20.8 Å². The molecule has 160 valence electrons. The fourth-order valence-electron chi connectivity index (χ4n) is 3.06. The van der Waals surface area contributed by atoms with Crippen LogP contribution >= 0.6 is 34.7 Å². The van der Waals surface area contributed by atoms with Crippen LogP contribution in [0, 0.1) is 0 Å². The Hall–Kier alpha value is -2.39. The molecular weight excluding hydrogens is 454 g/mol. The summed E-state index contributed by atoms with van der Waals surface area (Å²) in [5.41, 5.74) is 2.42. The Labute approximate surface area is 192 Å². The summed E-state index contributed by atoms with van der Waals surface area (Å²) in [6.07, 6.45) is 0. The number of methoxy groups -OCH3 is 2. The van der Waals surface area contributed by atoms with E-state index in [1.807, 2.05) is 29.6 Å². The zero-order chi connectivity index (χ0) is 21.8. The molecule has 0 fully saturated rings. The third-order valence-corrected chi connectivity index (χ3v) is 6.80. The van der Waals surface area contributed by atoms with Crippen LogP contribution in [-0.4, -0.2) is 35.4 Å². The molecule has 9 heteroatoms. The minimum absolute atomic E-state index is 0.100. The number of ether oxygens (including phenoxy) is 2. The summed E-state index contributed by atoms with van der Waals surface area (Å²) in [5, 5.41) is 4.65. The maximum Gasteiger partial charge on any atom is 0.262 e. The molecule has 2 heterocycles. The van der Waals surface area contributed by atoms with Crippen LogP contribution in [0.25, 0.3) is 21.5 Å². The predicted molar refractivity (Wildman–Crippen MR) is 127 cm³/mol. The Kier molecular flexibility index (Phi) is 6.92. The predicted octanol–water partition coefficient (Wildman–Crippen LogP) is 5.12. The third-order valence-electron chi connectivity index (χ3n) is 4.62. The average Bonchev–Trinajstić information content (AvgIpc) is 3.26. The number of fused-ring (bicyclic) bond motifs is 1. The van der Waals surface area contributed by atoms with Gasteiger partial charge in [0.15, 0.2) is 5.16 Å². The van der Waals surface area contributed by atoms with Gasteiger partial charge in [0, 0.05) is 28.8 Å². The maximum atomic E-state index is 13.0. The van der Waals surface area contributed by atoms with E-state index in [1.54, 1.807) is 48.3 Å². The summed E-state index contributed by atoms with van der Waals surface area (Å²) in [7, 11) is 3.26. The lowest BCUT2D eigenvalue weighted by molar-refractivity contribution is 0.183. The number of benzene rings is 2. The Morgan fingerprint density at radius 1 is 1.16 bits per heavy atom. The van der Waals surface area contributed by atoms with Crippen molar-refractivity contribution in [1.29, 1.82) is 0 Å². The van der Waals surface area contributed by atoms with Crippen LogP contribution < -0.4 is 10.3 Å². The van der Waals surface area contributed by atoms with Gasteiger partial charge in [-0.25, -0.2) is 9.97 Å². The molecule has 0 spiro atoms. The van der Waals surface area contributed by atoms with Crippen LogP contribution in [0.4, 0.5) is 0 Å². The zero-order valence-corrected chi connectivity index (χ0v) is 19.4. The van der Waals surface area contributed by atoms with Gasteiger partial charge in [0.05, 0.1) is 36.9 Å². The van der Waals surface area contributed by atoms with Gasteiger partial charge < -0.3 is 9.47 Å². The first-order valence-corrected chi connectivity index (χ1v) is 11.7. The van der Waals surface area contributed by atoms with Crippen molar-refractivity contribution in [3.63, 3.8) is 0 Å². The molecular formula is C22H20ClN3O3S2. The summed E-state index contributed by atoms with van der Waals surface area (Å²) >= 11 is 9.16. The van der Waals surface area contributed by atoms with Gasteiger partial charge >= 0.3 is 0 Å². The molecule has 0 aliphatic carbocycles. The number of nitrogens with zero attached hydrogens (tertiary/aromatic N) is 3. The van der Waals surface area contributed by atoms with Gasteiger partial charge in [-0.15, -0.1) is 11.3 Å². The smallest absolute Gasteiger partial charge is 0.262 e. The molecule has 0 atom stereocenters. The monoisotopic (exact) mass is 473 g/mol. The van der Waals surface area contributed by atoms with Crippen molar-refractivity contribution in [2.45, 2.75) is 17.5 Å². The summed E-state index contributed by atoms with van der Waals surface area (Å²) in [6, 6.07) is 13.0. The molecule has 2 aromatic heterocycles. The van der Waals surface area contributed by atoms with E-state index >= 15 is 0 Å². The Bertz CT molecular complexity index is 1270. The second-order valence-corrected chi connectivity index (χ2v) is 8.91. The van der Waals surface area contributed by atoms with Crippen LogP contribution in [0.3, 0.4) is 0 Å². The Morgan fingerprint density at radius 2 is 2.03 bits per heavy atom. The molecule has 31 heavy (non-hydrogen) atoms. The van der Waals surface area contributed by atoms with Crippen LogP contribution in [0.15, 0.2) is 57.8 Å². The molecule has 2 aromatic carbocycles. The third kappa shape index (κ3) is 4.93. The fourth-order valence-corrected chi connectivity index (χ4v) is 5.07. The van der Waals surface area contributed by atoms with Crippen LogP contribution in [-0.2, 0) is 17.0 Å². The average molecular weight is 474 g/mol. The highest BCUT2D eigenvalue weighted by Crippen LogP contribution is 2.29. The normalized spacial score (nSPS) is 11.2. The summed E-state index contributed by atoms with van der Waals surface area (Å²) < 4.78 is 12.1. The quantitative estimate of drug-likeness (QED) is 0.261. The summed E-state index contributed by atoms with van der Waals surface area (Å²) in [6.45, 7) is 0.848. The summed E-state index contributed by atoms with van der Waals surface area (Å²) in [4.78, 5) is 22.5. The molecule has 0 amide bonds. The van der Waals surface area contributed by atoms with E-state index < -0.39 is 0 Å². The molecule has 0 aliphatic heterocycles. The minimum Gasteiger partial charge on any atom is -0.497 e. The molecule has 6 nitrogen and oxygen atoms in total. The highest BCUT2D eigenvalue weighted by atomic mass is 35.5. The van der Waals surface area contributed by atoms with E-state index in [1.165, 1.54) is 11.8 Å². The fraction of sp³-hybridized carbons (Fsp3) is 0.227. The zero-order valence-electron chi connectivity index (χ0n) is 17.0.